The first-order chi connectivity index (χ1) is 12.2. The standard InChI is InChI=1S/C20H30FN3O.2ClH/c1-2-22-14-16-9-12-23(13-10-16)20(25)19-4-3-11-24(19)15-17-5-7-18(21)8-6-17;;/h5-8,16,19,22H,2-4,9-15H2,1H3;2*1H. The van der Waals surface area contributed by atoms with Crippen LogP contribution in [0.4, 0.5) is 4.39 Å². The Balaban J connectivity index is 0.00000182. The summed E-state index contributed by atoms with van der Waals surface area (Å²) in [7, 11) is 0. The van der Waals surface area contributed by atoms with E-state index in [-0.39, 0.29) is 36.7 Å². The molecule has 2 aliphatic rings. The third-order valence-electron chi connectivity index (χ3n) is 5.56. The molecule has 2 aliphatic heterocycles. The van der Waals surface area contributed by atoms with Crippen LogP contribution in [-0.4, -0.2) is 54.5 Å². The van der Waals surface area contributed by atoms with Gasteiger partial charge in [0, 0.05) is 19.6 Å². The van der Waals surface area contributed by atoms with Crippen LogP contribution in [0.15, 0.2) is 24.3 Å². The lowest BCUT2D eigenvalue weighted by Gasteiger charge is -2.35. The number of halogens is 3. The molecule has 27 heavy (non-hydrogen) atoms. The van der Waals surface area contributed by atoms with E-state index in [0.29, 0.717) is 11.8 Å². The van der Waals surface area contributed by atoms with Crippen LogP contribution in [0.1, 0.15) is 38.2 Å². The molecule has 0 aliphatic carbocycles. The lowest BCUT2D eigenvalue weighted by atomic mass is 9.96. The van der Waals surface area contributed by atoms with Crippen molar-refractivity contribution in [3.63, 3.8) is 0 Å². The lowest BCUT2D eigenvalue weighted by molar-refractivity contribution is -0.137. The van der Waals surface area contributed by atoms with Gasteiger partial charge in [-0.1, -0.05) is 19.1 Å². The van der Waals surface area contributed by atoms with Gasteiger partial charge in [-0.2, -0.15) is 0 Å². The fourth-order valence-electron chi connectivity index (χ4n) is 4.04. The number of amides is 1. The fraction of sp³-hybridized carbons (Fsp3) is 0.650. The molecule has 2 fully saturated rings. The van der Waals surface area contributed by atoms with Gasteiger partial charge in [0.15, 0.2) is 0 Å². The van der Waals surface area contributed by atoms with E-state index in [1.165, 1.54) is 12.1 Å². The fourth-order valence-corrected chi connectivity index (χ4v) is 4.04. The third kappa shape index (κ3) is 6.60. The molecule has 1 N–H and O–H groups in total. The number of hydrogen-bond donors (Lipinski definition) is 1. The maximum atomic E-state index is 13.1. The smallest absolute Gasteiger partial charge is 0.239 e. The van der Waals surface area contributed by atoms with Crippen molar-refractivity contribution in [2.75, 3.05) is 32.7 Å². The predicted octanol–water partition coefficient (Wildman–Crippen LogP) is 3.48. The van der Waals surface area contributed by atoms with Crippen molar-refractivity contribution in [3.8, 4) is 0 Å². The van der Waals surface area contributed by atoms with Gasteiger partial charge in [-0.05, 0) is 68.9 Å². The number of piperidine rings is 1. The van der Waals surface area contributed by atoms with Crippen LogP contribution in [0.25, 0.3) is 0 Å². The van der Waals surface area contributed by atoms with Gasteiger partial charge in [0.05, 0.1) is 6.04 Å². The van der Waals surface area contributed by atoms with E-state index in [4.69, 9.17) is 0 Å². The van der Waals surface area contributed by atoms with Crippen LogP contribution in [-0.2, 0) is 11.3 Å². The normalized spacial score (nSPS) is 20.8. The molecular weight excluding hydrogens is 388 g/mol. The van der Waals surface area contributed by atoms with Gasteiger partial charge < -0.3 is 10.2 Å². The first-order valence-electron chi connectivity index (χ1n) is 9.65. The zero-order chi connectivity index (χ0) is 17.6. The summed E-state index contributed by atoms with van der Waals surface area (Å²) in [5, 5.41) is 3.42. The summed E-state index contributed by atoms with van der Waals surface area (Å²) in [6.07, 6.45) is 4.21. The van der Waals surface area contributed by atoms with Crippen molar-refractivity contribution < 1.29 is 9.18 Å². The van der Waals surface area contributed by atoms with Crippen LogP contribution >= 0.6 is 24.8 Å². The average molecular weight is 420 g/mol. The van der Waals surface area contributed by atoms with Gasteiger partial charge >= 0.3 is 0 Å². The number of carbonyl (C=O) groups is 1. The van der Waals surface area contributed by atoms with E-state index in [2.05, 4.69) is 22.0 Å². The quantitative estimate of drug-likeness (QED) is 0.766. The van der Waals surface area contributed by atoms with Gasteiger partial charge in [0.1, 0.15) is 5.82 Å². The van der Waals surface area contributed by atoms with Gasteiger partial charge in [-0.15, -0.1) is 24.8 Å². The van der Waals surface area contributed by atoms with Crippen molar-refractivity contribution in [2.45, 2.75) is 45.2 Å². The zero-order valence-corrected chi connectivity index (χ0v) is 17.7. The molecule has 1 aromatic carbocycles. The summed E-state index contributed by atoms with van der Waals surface area (Å²) < 4.78 is 13.1. The summed E-state index contributed by atoms with van der Waals surface area (Å²) in [4.78, 5) is 17.3. The van der Waals surface area contributed by atoms with Gasteiger partial charge in [-0.3, -0.25) is 9.69 Å². The second-order valence-electron chi connectivity index (χ2n) is 7.33. The molecule has 2 saturated heterocycles. The number of nitrogens with zero attached hydrogens (tertiary/aromatic N) is 2. The molecule has 1 aromatic rings. The highest BCUT2D eigenvalue weighted by atomic mass is 35.5. The molecule has 1 atom stereocenters. The Morgan fingerprint density at radius 2 is 1.78 bits per heavy atom. The third-order valence-corrected chi connectivity index (χ3v) is 5.56. The Morgan fingerprint density at radius 3 is 2.41 bits per heavy atom. The minimum Gasteiger partial charge on any atom is -0.341 e. The Morgan fingerprint density at radius 1 is 1.11 bits per heavy atom. The van der Waals surface area contributed by atoms with Crippen molar-refractivity contribution >= 4 is 30.7 Å². The predicted molar refractivity (Wildman–Crippen MR) is 112 cm³/mol. The maximum absolute atomic E-state index is 13.1. The largest absolute Gasteiger partial charge is 0.341 e. The molecule has 154 valence electrons. The Bertz CT molecular complexity index is 565. The van der Waals surface area contributed by atoms with Crippen LogP contribution in [0.2, 0.25) is 0 Å². The summed E-state index contributed by atoms with van der Waals surface area (Å²) >= 11 is 0. The number of nitrogens with one attached hydrogen (secondary N) is 1. The highest BCUT2D eigenvalue weighted by Crippen LogP contribution is 2.24. The number of benzene rings is 1. The van der Waals surface area contributed by atoms with Gasteiger partial charge in [-0.25, -0.2) is 4.39 Å². The number of carbonyl (C=O) groups excluding carboxylic acids is 1. The highest BCUT2D eigenvalue weighted by molar-refractivity contribution is 5.85. The van der Waals surface area contributed by atoms with E-state index in [9.17, 15) is 9.18 Å². The molecular formula is C20H32Cl2FN3O. The molecule has 4 nitrogen and oxygen atoms in total. The Kier molecular flexibility index (Phi) is 10.6. The van der Waals surface area contributed by atoms with Crippen molar-refractivity contribution in [3.05, 3.63) is 35.6 Å². The SMILES string of the molecule is CCNCC1CCN(C(=O)C2CCCN2Cc2ccc(F)cc2)CC1.Cl.Cl. The molecule has 3 rings (SSSR count). The second kappa shape index (κ2) is 11.8. The van der Waals surface area contributed by atoms with Crippen LogP contribution in [0, 0.1) is 11.7 Å². The average Bonchev–Trinajstić information content (AvgIpc) is 3.10. The van der Waals surface area contributed by atoms with E-state index >= 15 is 0 Å². The zero-order valence-electron chi connectivity index (χ0n) is 16.0. The van der Waals surface area contributed by atoms with Gasteiger partial charge in [0.2, 0.25) is 5.91 Å². The van der Waals surface area contributed by atoms with Crippen LogP contribution < -0.4 is 5.32 Å². The summed E-state index contributed by atoms with van der Waals surface area (Å²) in [6.45, 7) is 7.66. The number of hydrogen-bond acceptors (Lipinski definition) is 3. The summed E-state index contributed by atoms with van der Waals surface area (Å²) in [5.74, 6) is 0.780. The molecule has 2 heterocycles. The lowest BCUT2D eigenvalue weighted by Crippen LogP contribution is -2.48. The monoisotopic (exact) mass is 419 g/mol. The first kappa shape index (κ1) is 24.2. The summed E-state index contributed by atoms with van der Waals surface area (Å²) in [6, 6.07) is 6.63. The topological polar surface area (TPSA) is 35.6 Å². The van der Waals surface area contributed by atoms with E-state index in [1.807, 2.05) is 12.1 Å². The number of likely N-dealkylation sites (tertiary alicyclic amines) is 2. The van der Waals surface area contributed by atoms with Crippen molar-refractivity contribution in [2.24, 2.45) is 5.92 Å². The molecule has 0 saturated carbocycles. The Hall–Kier alpha value is -0.880. The first-order valence-corrected chi connectivity index (χ1v) is 9.65. The van der Waals surface area contributed by atoms with Gasteiger partial charge in [0.25, 0.3) is 0 Å². The minimum absolute atomic E-state index is 0. The molecule has 0 radical (unpaired) electrons. The number of rotatable bonds is 6. The molecule has 0 spiro atoms. The Labute approximate surface area is 174 Å². The molecule has 0 aromatic heterocycles. The van der Waals surface area contributed by atoms with E-state index in [0.717, 1.165) is 70.5 Å². The molecule has 7 heteroatoms. The van der Waals surface area contributed by atoms with E-state index in [1.54, 1.807) is 0 Å². The molecule has 1 unspecified atom stereocenters. The molecule has 0 bridgehead atoms. The minimum atomic E-state index is -0.210. The second-order valence-corrected chi connectivity index (χ2v) is 7.33. The van der Waals surface area contributed by atoms with Crippen LogP contribution in [0.5, 0.6) is 0 Å². The highest BCUT2D eigenvalue weighted by Gasteiger charge is 2.34. The van der Waals surface area contributed by atoms with Crippen LogP contribution in [0.3, 0.4) is 0 Å². The molecule has 1 amide bonds. The maximum Gasteiger partial charge on any atom is 0.239 e. The van der Waals surface area contributed by atoms with E-state index < -0.39 is 0 Å². The summed E-state index contributed by atoms with van der Waals surface area (Å²) in [5.41, 5.74) is 1.07. The van der Waals surface area contributed by atoms with Crippen molar-refractivity contribution in [1.82, 2.24) is 15.1 Å². The van der Waals surface area contributed by atoms with Crippen molar-refractivity contribution in [1.29, 1.82) is 0 Å².